The lowest BCUT2D eigenvalue weighted by Crippen LogP contribution is -2.36. The van der Waals surface area contributed by atoms with Crippen molar-refractivity contribution in [2.75, 3.05) is 6.61 Å². The fraction of sp³-hybridized carbons (Fsp3) is 0.538. The Labute approximate surface area is 91.9 Å². The molecule has 0 spiro atoms. The second-order valence-corrected chi connectivity index (χ2v) is 4.40. The van der Waals surface area contributed by atoms with Crippen LogP contribution in [0.2, 0.25) is 0 Å². The van der Waals surface area contributed by atoms with Crippen molar-refractivity contribution in [2.45, 2.75) is 39.1 Å². The molecule has 2 nitrogen and oxygen atoms in total. The van der Waals surface area contributed by atoms with E-state index in [4.69, 9.17) is 4.74 Å². The first-order valence-electron chi connectivity index (χ1n) is 5.64. The lowest BCUT2D eigenvalue weighted by atomic mass is 10.1. The van der Waals surface area contributed by atoms with E-state index in [1.165, 1.54) is 5.56 Å². The molecule has 0 saturated carbocycles. The lowest BCUT2D eigenvalue weighted by molar-refractivity contribution is 0.0294. The number of benzene rings is 1. The predicted octanol–water partition coefficient (Wildman–Crippen LogP) is 2.81. The number of rotatable bonds is 2. The first-order valence-corrected chi connectivity index (χ1v) is 5.64. The van der Waals surface area contributed by atoms with Crippen LogP contribution < -0.4 is 0 Å². The van der Waals surface area contributed by atoms with Crippen LogP contribution in [0, 0.1) is 0 Å². The second-order valence-electron chi connectivity index (χ2n) is 4.40. The van der Waals surface area contributed by atoms with E-state index in [-0.39, 0.29) is 6.23 Å². The highest BCUT2D eigenvalue weighted by molar-refractivity contribution is 5.20. The predicted molar refractivity (Wildman–Crippen MR) is 61.6 cm³/mol. The summed E-state index contributed by atoms with van der Waals surface area (Å²) in [5, 5.41) is 0. The molecule has 2 rings (SSSR count). The Kier molecular flexibility index (Phi) is 3.08. The van der Waals surface area contributed by atoms with Crippen molar-refractivity contribution in [3.05, 3.63) is 35.9 Å². The molecular formula is C13H19NO. The maximum absolute atomic E-state index is 5.72. The van der Waals surface area contributed by atoms with E-state index in [1.54, 1.807) is 0 Å². The molecule has 1 aliphatic rings. The largest absolute Gasteiger partial charge is 0.361 e. The van der Waals surface area contributed by atoms with Gasteiger partial charge in [-0.2, -0.15) is 0 Å². The molecule has 0 radical (unpaired) electrons. The highest BCUT2D eigenvalue weighted by Crippen LogP contribution is 2.31. The molecule has 1 fully saturated rings. The zero-order chi connectivity index (χ0) is 10.8. The third-order valence-electron chi connectivity index (χ3n) is 3.06. The van der Waals surface area contributed by atoms with Gasteiger partial charge in [-0.15, -0.1) is 0 Å². The smallest absolute Gasteiger partial charge is 0.108 e. The van der Waals surface area contributed by atoms with Crippen molar-refractivity contribution in [3.63, 3.8) is 0 Å². The Morgan fingerprint density at radius 1 is 1.27 bits per heavy atom. The van der Waals surface area contributed by atoms with Crippen molar-refractivity contribution in [2.24, 2.45) is 0 Å². The molecule has 82 valence electrons. The molecule has 0 aliphatic carbocycles. The Morgan fingerprint density at radius 2 is 1.93 bits per heavy atom. The fourth-order valence-corrected chi connectivity index (χ4v) is 2.38. The molecule has 0 N–H and O–H groups in total. The quantitative estimate of drug-likeness (QED) is 0.736. The summed E-state index contributed by atoms with van der Waals surface area (Å²) in [4.78, 5) is 2.43. The monoisotopic (exact) mass is 205 g/mol. The average molecular weight is 205 g/mol. The molecule has 0 amide bonds. The molecule has 0 bridgehead atoms. The van der Waals surface area contributed by atoms with Gasteiger partial charge in [0.15, 0.2) is 0 Å². The molecule has 2 atom stereocenters. The van der Waals surface area contributed by atoms with E-state index in [0.29, 0.717) is 12.1 Å². The maximum atomic E-state index is 5.72. The summed E-state index contributed by atoms with van der Waals surface area (Å²) >= 11 is 0. The molecule has 1 aromatic rings. The van der Waals surface area contributed by atoms with Crippen molar-refractivity contribution in [1.29, 1.82) is 0 Å². The van der Waals surface area contributed by atoms with Gasteiger partial charge in [0.25, 0.3) is 0 Å². The third kappa shape index (κ3) is 2.06. The summed E-state index contributed by atoms with van der Waals surface area (Å²) in [5.74, 6) is 0. The Hall–Kier alpha value is -0.860. The van der Waals surface area contributed by atoms with Gasteiger partial charge in [-0.1, -0.05) is 30.3 Å². The lowest BCUT2D eigenvalue weighted by Gasteiger charge is -2.30. The maximum Gasteiger partial charge on any atom is 0.108 e. The summed E-state index contributed by atoms with van der Waals surface area (Å²) in [6, 6.07) is 11.5. The van der Waals surface area contributed by atoms with Gasteiger partial charge in [0, 0.05) is 6.04 Å². The molecule has 0 unspecified atom stereocenters. The summed E-state index contributed by atoms with van der Waals surface area (Å²) in [7, 11) is 0. The number of hydrogen-bond acceptors (Lipinski definition) is 2. The van der Waals surface area contributed by atoms with Gasteiger partial charge in [-0.3, -0.25) is 4.90 Å². The van der Waals surface area contributed by atoms with Crippen molar-refractivity contribution in [3.8, 4) is 0 Å². The van der Waals surface area contributed by atoms with Crippen molar-refractivity contribution >= 4 is 0 Å². The second kappa shape index (κ2) is 4.33. The van der Waals surface area contributed by atoms with E-state index >= 15 is 0 Å². The molecule has 1 saturated heterocycles. The van der Waals surface area contributed by atoms with Crippen LogP contribution in [0.4, 0.5) is 0 Å². The normalized spacial score (nSPS) is 27.5. The van der Waals surface area contributed by atoms with Gasteiger partial charge in [-0.25, -0.2) is 0 Å². The number of hydrogen-bond donors (Lipinski definition) is 0. The molecular weight excluding hydrogens is 186 g/mol. The van der Waals surface area contributed by atoms with Crippen LogP contribution >= 0.6 is 0 Å². The van der Waals surface area contributed by atoms with E-state index in [2.05, 4.69) is 56.0 Å². The Balaban J connectivity index is 2.22. The van der Waals surface area contributed by atoms with E-state index in [0.717, 1.165) is 6.61 Å². The van der Waals surface area contributed by atoms with Gasteiger partial charge in [0.1, 0.15) is 6.23 Å². The summed E-state index contributed by atoms with van der Waals surface area (Å²) in [5.41, 5.74) is 1.36. The molecule has 1 aliphatic heterocycles. The standard InChI is InChI=1S/C13H19NO/c1-10(2)14-11(3)15-9-13(14)12-7-5-4-6-8-12/h4-8,10-11,13H,9H2,1-3H3/t11-,13-/m0/s1. The van der Waals surface area contributed by atoms with E-state index in [9.17, 15) is 0 Å². The fourth-order valence-electron chi connectivity index (χ4n) is 2.38. The van der Waals surface area contributed by atoms with Crippen LogP contribution in [0.1, 0.15) is 32.4 Å². The minimum absolute atomic E-state index is 0.232. The average Bonchev–Trinajstić information content (AvgIpc) is 2.61. The Bertz CT molecular complexity index is 310. The van der Waals surface area contributed by atoms with Crippen LogP contribution in [0.5, 0.6) is 0 Å². The van der Waals surface area contributed by atoms with E-state index in [1.807, 2.05) is 0 Å². The zero-order valence-corrected chi connectivity index (χ0v) is 9.68. The summed E-state index contributed by atoms with van der Waals surface area (Å²) in [6.07, 6.45) is 0.232. The molecule has 2 heteroatoms. The molecule has 1 aromatic carbocycles. The van der Waals surface area contributed by atoms with Gasteiger partial charge in [0.2, 0.25) is 0 Å². The minimum Gasteiger partial charge on any atom is -0.361 e. The van der Waals surface area contributed by atoms with Gasteiger partial charge >= 0.3 is 0 Å². The first-order chi connectivity index (χ1) is 7.20. The molecule has 0 aromatic heterocycles. The van der Waals surface area contributed by atoms with E-state index < -0.39 is 0 Å². The molecule has 1 heterocycles. The summed E-state index contributed by atoms with van der Waals surface area (Å²) in [6.45, 7) is 7.38. The topological polar surface area (TPSA) is 12.5 Å². The highest BCUT2D eigenvalue weighted by Gasteiger charge is 2.33. The van der Waals surface area contributed by atoms with Gasteiger partial charge < -0.3 is 4.74 Å². The van der Waals surface area contributed by atoms with Crippen LogP contribution in [-0.4, -0.2) is 23.8 Å². The van der Waals surface area contributed by atoms with Crippen LogP contribution in [-0.2, 0) is 4.74 Å². The van der Waals surface area contributed by atoms with Crippen LogP contribution in [0.3, 0.4) is 0 Å². The van der Waals surface area contributed by atoms with Crippen molar-refractivity contribution in [1.82, 2.24) is 4.90 Å². The van der Waals surface area contributed by atoms with Gasteiger partial charge in [0.05, 0.1) is 12.6 Å². The Morgan fingerprint density at radius 3 is 2.53 bits per heavy atom. The van der Waals surface area contributed by atoms with Crippen molar-refractivity contribution < 1.29 is 4.74 Å². The van der Waals surface area contributed by atoms with Crippen LogP contribution in [0.25, 0.3) is 0 Å². The first kappa shape index (κ1) is 10.7. The number of ether oxygens (including phenoxy) is 1. The molecule has 15 heavy (non-hydrogen) atoms. The SMILES string of the molecule is CC(C)N1[C@H](C)OC[C@H]1c1ccccc1. The van der Waals surface area contributed by atoms with Crippen LogP contribution in [0.15, 0.2) is 30.3 Å². The third-order valence-corrected chi connectivity index (χ3v) is 3.06. The highest BCUT2D eigenvalue weighted by atomic mass is 16.5. The zero-order valence-electron chi connectivity index (χ0n) is 9.68. The minimum atomic E-state index is 0.232. The van der Waals surface area contributed by atoms with Gasteiger partial charge in [-0.05, 0) is 26.3 Å². The number of nitrogens with zero attached hydrogens (tertiary/aromatic N) is 1. The summed E-state index contributed by atoms with van der Waals surface area (Å²) < 4.78 is 5.72.